The van der Waals surface area contributed by atoms with Crippen molar-refractivity contribution in [3.8, 4) is 11.5 Å². The van der Waals surface area contributed by atoms with Crippen LogP contribution < -0.4 is 20.1 Å². The molecule has 1 aromatic heterocycles. The SMILES string of the molecule is S=C(Nc1ccc2nc3cc4c(cc3nc2c1)OCCO4)Nc1cccc2ccccc12. The highest BCUT2D eigenvalue weighted by Crippen LogP contribution is 2.34. The molecule has 7 heteroatoms. The lowest BCUT2D eigenvalue weighted by molar-refractivity contribution is 0.172. The molecule has 0 saturated carbocycles. The van der Waals surface area contributed by atoms with Crippen molar-refractivity contribution in [2.24, 2.45) is 0 Å². The van der Waals surface area contributed by atoms with Crippen LogP contribution in [0.5, 0.6) is 11.5 Å². The first kappa shape index (κ1) is 18.8. The molecule has 0 bridgehead atoms. The van der Waals surface area contributed by atoms with Crippen molar-refractivity contribution < 1.29 is 9.47 Å². The topological polar surface area (TPSA) is 68.3 Å². The molecule has 6 nitrogen and oxygen atoms in total. The van der Waals surface area contributed by atoms with Crippen LogP contribution in [0.15, 0.2) is 72.8 Å². The minimum Gasteiger partial charge on any atom is -0.486 e. The quantitative estimate of drug-likeness (QED) is 0.278. The third-order valence-electron chi connectivity index (χ3n) is 5.39. The van der Waals surface area contributed by atoms with Crippen LogP contribution in [0.1, 0.15) is 0 Å². The van der Waals surface area contributed by atoms with Gasteiger partial charge in [-0.2, -0.15) is 0 Å². The number of aromatic nitrogens is 2. The molecule has 2 heterocycles. The molecule has 0 amide bonds. The van der Waals surface area contributed by atoms with Gasteiger partial charge in [0, 0.05) is 28.9 Å². The predicted molar refractivity (Wildman–Crippen MR) is 132 cm³/mol. The molecule has 6 rings (SSSR count). The van der Waals surface area contributed by atoms with Gasteiger partial charge in [-0.25, -0.2) is 9.97 Å². The van der Waals surface area contributed by atoms with Gasteiger partial charge in [0.05, 0.1) is 22.1 Å². The summed E-state index contributed by atoms with van der Waals surface area (Å²) in [5, 5.41) is 9.33. The first-order valence-corrected chi connectivity index (χ1v) is 10.7. The van der Waals surface area contributed by atoms with Gasteiger partial charge >= 0.3 is 0 Å². The number of rotatable bonds is 2. The number of anilines is 2. The normalized spacial score (nSPS) is 12.8. The van der Waals surface area contributed by atoms with Crippen LogP contribution in [-0.4, -0.2) is 28.3 Å². The van der Waals surface area contributed by atoms with E-state index >= 15 is 0 Å². The summed E-state index contributed by atoms with van der Waals surface area (Å²) in [7, 11) is 0. The van der Waals surface area contributed by atoms with Crippen molar-refractivity contribution in [2.45, 2.75) is 0 Å². The number of hydrogen-bond acceptors (Lipinski definition) is 5. The molecule has 0 aliphatic carbocycles. The molecule has 0 radical (unpaired) electrons. The standard InChI is InChI=1S/C25H18N4O2S/c32-25(29-18-7-3-5-15-4-1-2-6-17(15)18)26-16-8-9-19-20(12-16)28-22-14-24-23(13-21(22)27-19)30-10-11-31-24/h1-9,12-14H,10-11H2,(H2,26,29,32). The Morgan fingerprint density at radius 1 is 0.719 bits per heavy atom. The van der Waals surface area contributed by atoms with E-state index in [2.05, 4.69) is 28.8 Å². The molecule has 0 saturated heterocycles. The number of nitrogens with zero attached hydrogens (tertiary/aromatic N) is 2. The van der Waals surface area contributed by atoms with Crippen molar-refractivity contribution in [3.63, 3.8) is 0 Å². The molecule has 0 atom stereocenters. The van der Waals surface area contributed by atoms with Gasteiger partial charge in [0.15, 0.2) is 16.6 Å². The van der Waals surface area contributed by atoms with E-state index in [9.17, 15) is 0 Å². The number of benzene rings is 4. The fourth-order valence-corrected chi connectivity index (χ4v) is 4.14. The van der Waals surface area contributed by atoms with Gasteiger partial charge in [-0.15, -0.1) is 0 Å². The molecule has 0 unspecified atom stereocenters. The Morgan fingerprint density at radius 2 is 1.41 bits per heavy atom. The van der Waals surface area contributed by atoms with Gasteiger partial charge in [0.2, 0.25) is 0 Å². The average Bonchev–Trinajstić information content (AvgIpc) is 2.81. The molecular weight excluding hydrogens is 420 g/mol. The summed E-state index contributed by atoms with van der Waals surface area (Å²) in [4.78, 5) is 9.51. The maximum absolute atomic E-state index is 5.68. The second-order valence-corrected chi connectivity index (χ2v) is 7.93. The summed E-state index contributed by atoms with van der Waals surface area (Å²) in [5.74, 6) is 1.41. The zero-order valence-electron chi connectivity index (χ0n) is 17.0. The van der Waals surface area contributed by atoms with Crippen molar-refractivity contribution in [2.75, 3.05) is 23.8 Å². The van der Waals surface area contributed by atoms with Crippen LogP contribution in [0.3, 0.4) is 0 Å². The van der Waals surface area contributed by atoms with Crippen LogP contribution in [0.2, 0.25) is 0 Å². The Labute approximate surface area is 189 Å². The number of hydrogen-bond donors (Lipinski definition) is 2. The molecular formula is C25H18N4O2S. The predicted octanol–water partition coefficient (Wildman–Crippen LogP) is 5.52. The zero-order chi connectivity index (χ0) is 21.5. The molecule has 0 fully saturated rings. The first-order valence-electron chi connectivity index (χ1n) is 10.3. The van der Waals surface area contributed by atoms with Crippen molar-refractivity contribution >= 4 is 61.5 Å². The Morgan fingerprint density at radius 3 is 2.22 bits per heavy atom. The molecule has 0 spiro atoms. The van der Waals surface area contributed by atoms with Gasteiger partial charge in [-0.05, 0) is 41.9 Å². The highest BCUT2D eigenvalue weighted by Gasteiger charge is 2.14. The highest BCUT2D eigenvalue weighted by molar-refractivity contribution is 7.80. The maximum atomic E-state index is 5.68. The number of nitrogens with one attached hydrogen (secondary N) is 2. The lowest BCUT2D eigenvalue weighted by Crippen LogP contribution is -2.19. The summed E-state index contributed by atoms with van der Waals surface area (Å²) < 4.78 is 11.3. The van der Waals surface area contributed by atoms with Crippen LogP contribution in [-0.2, 0) is 0 Å². The third kappa shape index (κ3) is 3.42. The molecule has 4 aromatic carbocycles. The van der Waals surface area contributed by atoms with Crippen LogP contribution in [0.25, 0.3) is 32.8 Å². The van der Waals surface area contributed by atoms with Crippen molar-refractivity contribution in [3.05, 3.63) is 72.8 Å². The fourth-order valence-electron chi connectivity index (χ4n) is 3.91. The zero-order valence-corrected chi connectivity index (χ0v) is 17.8. The first-order chi connectivity index (χ1) is 15.7. The van der Waals surface area contributed by atoms with Gasteiger partial charge < -0.3 is 20.1 Å². The van der Waals surface area contributed by atoms with E-state index in [-0.39, 0.29) is 0 Å². The maximum Gasteiger partial charge on any atom is 0.175 e. The monoisotopic (exact) mass is 438 g/mol. The summed E-state index contributed by atoms with van der Waals surface area (Å²) in [5.41, 5.74) is 4.89. The summed E-state index contributed by atoms with van der Waals surface area (Å²) in [6.45, 7) is 1.08. The van der Waals surface area contributed by atoms with E-state index in [0.29, 0.717) is 29.8 Å². The Balaban J connectivity index is 1.29. The van der Waals surface area contributed by atoms with E-state index in [4.69, 9.17) is 31.7 Å². The molecule has 1 aliphatic heterocycles. The van der Waals surface area contributed by atoms with E-state index in [1.54, 1.807) is 0 Å². The number of fused-ring (bicyclic) bond motifs is 4. The minimum absolute atomic E-state index is 0.508. The Kier molecular flexibility index (Phi) is 4.47. The molecule has 32 heavy (non-hydrogen) atoms. The van der Waals surface area contributed by atoms with Gasteiger partial charge in [0.25, 0.3) is 0 Å². The molecule has 5 aromatic rings. The largest absolute Gasteiger partial charge is 0.486 e. The summed E-state index contributed by atoms with van der Waals surface area (Å²) in [6, 6.07) is 23.9. The lowest BCUT2D eigenvalue weighted by Gasteiger charge is -2.18. The van der Waals surface area contributed by atoms with E-state index in [0.717, 1.165) is 44.2 Å². The van der Waals surface area contributed by atoms with E-state index in [1.165, 1.54) is 0 Å². The summed E-state index contributed by atoms with van der Waals surface area (Å²) in [6.07, 6.45) is 0. The van der Waals surface area contributed by atoms with Crippen molar-refractivity contribution in [1.29, 1.82) is 0 Å². The number of ether oxygens (including phenoxy) is 2. The van der Waals surface area contributed by atoms with Crippen molar-refractivity contribution in [1.82, 2.24) is 9.97 Å². The second kappa shape index (κ2) is 7.62. The van der Waals surface area contributed by atoms with Gasteiger partial charge in [0.1, 0.15) is 13.2 Å². The average molecular weight is 439 g/mol. The smallest absolute Gasteiger partial charge is 0.175 e. The fraction of sp³-hybridized carbons (Fsp3) is 0.0800. The second-order valence-electron chi connectivity index (χ2n) is 7.52. The van der Waals surface area contributed by atoms with Gasteiger partial charge in [-0.3, -0.25) is 0 Å². The van der Waals surface area contributed by atoms with Crippen LogP contribution in [0.4, 0.5) is 11.4 Å². The minimum atomic E-state index is 0.508. The molecule has 156 valence electrons. The van der Waals surface area contributed by atoms with Gasteiger partial charge in [-0.1, -0.05) is 36.4 Å². The highest BCUT2D eigenvalue weighted by atomic mass is 32.1. The Bertz CT molecular complexity index is 1510. The van der Waals surface area contributed by atoms with E-state index < -0.39 is 0 Å². The lowest BCUT2D eigenvalue weighted by atomic mass is 10.1. The Hall–Kier alpha value is -3.97. The summed E-state index contributed by atoms with van der Waals surface area (Å²) >= 11 is 5.56. The third-order valence-corrected chi connectivity index (χ3v) is 5.60. The number of thiocarbonyl (C=S) groups is 1. The molecule has 2 N–H and O–H groups in total. The van der Waals surface area contributed by atoms with Crippen LogP contribution >= 0.6 is 12.2 Å². The molecule has 1 aliphatic rings. The van der Waals surface area contributed by atoms with E-state index in [1.807, 2.05) is 54.6 Å². The van der Waals surface area contributed by atoms with Crippen LogP contribution in [0, 0.1) is 0 Å².